The van der Waals surface area contributed by atoms with Gasteiger partial charge in [0, 0.05) is 28.8 Å². The van der Waals surface area contributed by atoms with Crippen molar-refractivity contribution in [3.05, 3.63) is 95.2 Å². The summed E-state index contributed by atoms with van der Waals surface area (Å²) >= 11 is 0. The van der Waals surface area contributed by atoms with Gasteiger partial charge in [-0.3, -0.25) is 0 Å². The van der Waals surface area contributed by atoms with E-state index in [2.05, 4.69) is 45.7 Å². The maximum absolute atomic E-state index is 10.7. The summed E-state index contributed by atoms with van der Waals surface area (Å²) in [5.74, 6) is 0.810. The van der Waals surface area contributed by atoms with E-state index in [0.29, 0.717) is 23.3 Å². The lowest BCUT2D eigenvalue weighted by atomic mass is 9.99. The molecule has 0 fully saturated rings. The predicted molar refractivity (Wildman–Crippen MR) is 127 cm³/mol. The predicted octanol–water partition coefficient (Wildman–Crippen LogP) is 6.11. The molecule has 160 valence electrons. The minimum atomic E-state index is -2.49. The molecule has 0 amide bonds. The molecule has 0 spiro atoms. The monoisotopic (exact) mass is 451 g/mol. The fourth-order valence-corrected chi connectivity index (χ4v) is 4.20. The van der Waals surface area contributed by atoms with Gasteiger partial charge in [0.25, 0.3) is 0 Å². The van der Waals surface area contributed by atoms with Crippen LogP contribution in [0.25, 0.3) is 33.1 Å². The quantitative estimate of drug-likeness (QED) is 0.323. The first-order chi connectivity index (χ1) is 16.0. The van der Waals surface area contributed by atoms with Crippen molar-refractivity contribution < 1.29 is 12.8 Å². The van der Waals surface area contributed by atoms with Gasteiger partial charge in [0.1, 0.15) is 11.3 Å². The van der Waals surface area contributed by atoms with Crippen LogP contribution in [0.5, 0.6) is 0 Å². The van der Waals surface area contributed by atoms with Crippen molar-refractivity contribution in [2.24, 2.45) is 4.36 Å². The highest BCUT2D eigenvalue weighted by atomic mass is 32.2. The van der Waals surface area contributed by atoms with Gasteiger partial charge in [-0.15, -0.1) is 4.36 Å². The molecule has 0 atom stereocenters. The molecule has 2 aromatic heterocycles. The number of pyridine rings is 1. The van der Waals surface area contributed by atoms with Crippen molar-refractivity contribution in [1.29, 1.82) is 5.26 Å². The summed E-state index contributed by atoms with van der Waals surface area (Å²) in [4.78, 5) is 4.30. The number of hydrogen-bond acceptors (Lipinski definition) is 6. The standard InChI is InChI=1S/C17H12N2O3S.C9H5N/c1-11-15-7-6-14(19-23(20)21)9-17(15)22-16(11)8-12-2-4-13(10-18)5-3-12;1-2-6-4-5-8-7(3-1)9(6)10-8/h2-7,9H,8H2,1H3;1-5H. The maximum atomic E-state index is 10.7. The van der Waals surface area contributed by atoms with Crippen LogP contribution < -0.4 is 0 Å². The summed E-state index contributed by atoms with van der Waals surface area (Å²) in [6, 6.07) is 25.0. The molecule has 33 heavy (non-hydrogen) atoms. The zero-order chi connectivity index (χ0) is 22.9. The Hall–Kier alpha value is -4.28. The first kappa shape index (κ1) is 20.6. The van der Waals surface area contributed by atoms with E-state index < -0.39 is 10.5 Å². The van der Waals surface area contributed by atoms with Crippen molar-refractivity contribution >= 4 is 38.1 Å². The lowest BCUT2D eigenvalue weighted by Gasteiger charge is -2.14. The topological polar surface area (TPSA) is 96.3 Å². The molecule has 0 aliphatic carbocycles. The molecule has 7 heteroatoms. The highest BCUT2D eigenvalue weighted by molar-refractivity contribution is 7.61. The van der Waals surface area contributed by atoms with E-state index >= 15 is 0 Å². The Balaban J connectivity index is 0.000000186. The van der Waals surface area contributed by atoms with E-state index in [9.17, 15) is 8.42 Å². The molecule has 0 radical (unpaired) electrons. The number of furan rings is 1. The smallest absolute Gasteiger partial charge is 0.316 e. The van der Waals surface area contributed by atoms with E-state index in [1.54, 1.807) is 24.3 Å². The zero-order valence-corrected chi connectivity index (χ0v) is 18.4. The normalized spacial score (nSPS) is 10.9. The second-order valence-electron chi connectivity index (χ2n) is 7.70. The Morgan fingerprint density at radius 3 is 2.52 bits per heavy atom. The summed E-state index contributed by atoms with van der Waals surface area (Å²) in [5.41, 5.74) is 7.26. The van der Waals surface area contributed by atoms with Gasteiger partial charge in [-0.05, 0) is 48.4 Å². The average Bonchev–Trinajstić information content (AvgIpc) is 3.11. The third kappa shape index (κ3) is 4.00. The van der Waals surface area contributed by atoms with Gasteiger partial charge in [-0.1, -0.05) is 36.4 Å². The van der Waals surface area contributed by atoms with Gasteiger partial charge in [0.05, 0.1) is 28.5 Å². The van der Waals surface area contributed by atoms with Crippen LogP contribution in [0.15, 0.2) is 81.6 Å². The molecule has 3 heterocycles. The molecule has 6 rings (SSSR count). The van der Waals surface area contributed by atoms with Gasteiger partial charge in [0.15, 0.2) is 0 Å². The minimum absolute atomic E-state index is 0.338. The van der Waals surface area contributed by atoms with Gasteiger partial charge < -0.3 is 4.42 Å². The van der Waals surface area contributed by atoms with Crippen molar-refractivity contribution in [1.82, 2.24) is 4.98 Å². The van der Waals surface area contributed by atoms with E-state index in [0.717, 1.165) is 28.0 Å². The first-order valence-electron chi connectivity index (χ1n) is 10.2. The first-order valence-corrected chi connectivity index (χ1v) is 11.3. The highest BCUT2D eigenvalue weighted by Crippen LogP contribution is 2.34. The third-order valence-electron chi connectivity index (χ3n) is 5.64. The Labute approximate surface area is 191 Å². The average molecular weight is 452 g/mol. The number of fused-ring (bicyclic) bond motifs is 3. The van der Waals surface area contributed by atoms with Crippen molar-refractivity contribution in [3.63, 3.8) is 0 Å². The van der Waals surface area contributed by atoms with Crippen LogP contribution in [0.1, 0.15) is 22.5 Å². The zero-order valence-electron chi connectivity index (χ0n) is 17.6. The number of nitriles is 1. The van der Waals surface area contributed by atoms with Crippen LogP contribution in [0.4, 0.5) is 5.69 Å². The number of aromatic nitrogens is 1. The van der Waals surface area contributed by atoms with Gasteiger partial charge in [-0.25, -0.2) is 4.98 Å². The van der Waals surface area contributed by atoms with Gasteiger partial charge in [0.2, 0.25) is 0 Å². The molecule has 0 saturated heterocycles. The number of benzene rings is 4. The number of para-hydroxylation sites is 1. The Morgan fingerprint density at radius 1 is 1.03 bits per heavy atom. The molecular weight excluding hydrogens is 434 g/mol. The highest BCUT2D eigenvalue weighted by Gasteiger charge is 2.14. The number of hydrogen-bond donors (Lipinski definition) is 0. The lowest BCUT2D eigenvalue weighted by molar-refractivity contribution is 0.559. The van der Waals surface area contributed by atoms with Crippen molar-refractivity contribution in [2.45, 2.75) is 13.3 Å². The number of rotatable bonds is 3. The number of aryl methyl sites for hydroxylation is 1. The number of nitrogens with zero attached hydrogens (tertiary/aromatic N) is 3. The summed E-state index contributed by atoms with van der Waals surface area (Å²) in [5, 5.41) is 11.0. The van der Waals surface area contributed by atoms with Gasteiger partial charge >= 0.3 is 10.5 Å². The molecule has 2 bridgehead atoms. The maximum Gasteiger partial charge on any atom is 0.316 e. The Kier molecular flexibility index (Phi) is 5.21. The summed E-state index contributed by atoms with van der Waals surface area (Å²) in [7, 11) is -2.49. The fraction of sp³-hybridized carbons (Fsp3) is 0.0769. The van der Waals surface area contributed by atoms with E-state index in [1.807, 2.05) is 25.1 Å². The molecule has 1 aliphatic heterocycles. The van der Waals surface area contributed by atoms with Crippen molar-refractivity contribution in [2.75, 3.05) is 0 Å². The van der Waals surface area contributed by atoms with E-state index in [1.165, 1.54) is 16.5 Å². The molecular formula is C26H17N3O3S. The largest absolute Gasteiger partial charge is 0.460 e. The second kappa shape index (κ2) is 8.34. The molecule has 3 aromatic carbocycles. The summed E-state index contributed by atoms with van der Waals surface area (Å²) in [6.45, 7) is 1.97. The van der Waals surface area contributed by atoms with Crippen molar-refractivity contribution in [3.8, 4) is 17.3 Å². The minimum Gasteiger partial charge on any atom is -0.460 e. The van der Waals surface area contributed by atoms with Crippen LogP contribution in [0, 0.1) is 18.3 Å². The third-order valence-corrected chi connectivity index (χ3v) is 6.00. The van der Waals surface area contributed by atoms with Crippen LogP contribution in [-0.2, 0) is 16.9 Å². The fourth-order valence-electron chi connectivity index (χ4n) is 3.91. The molecule has 6 nitrogen and oxygen atoms in total. The molecule has 5 aromatic rings. The summed E-state index contributed by atoms with van der Waals surface area (Å²) in [6.07, 6.45) is 0.603. The molecule has 0 N–H and O–H groups in total. The van der Waals surface area contributed by atoms with Gasteiger partial charge in [-0.2, -0.15) is 13.7 Å². The Morgan fingerprint density at radius 2 is 1.85 bits per heavy atom. The molecule has 1 aliphatic rings. The summed E-state index contributed by atoms with van der Waals surface area (Å²) < 4.78 is 30.6. The van der Waals surface area contributed by atoms with E-state index in [4.69, 9.17) is 9.68 Å². The van der Waals surface area contributed by atoms with Crippen LogP contribution in [0.3, 0.4) is 0 Å². The SMILES string of the molecule is Cc1c(Cc2ccc(C#N)cc2)oc2cc(N=S(=O)=O)ccc12.c1cc2c3nc-2ccc3c1. The second-order valence-corrected chi connectivity index (χ2v) is 8.32. The lowest BCUT2D eigenvalue weighted by Crippen LogP contribution is -1.96. The van der Waals surface area contributed by atoms with Crippen LogP contribution in [-0.4, -0.2) is 13.4 Å². The van der Waals surface area contributed by atoms with Crippen LogP contribution in [0.2, 0.25) is 0 Å². The Bertz CT molecular complexity index is 1690. The molecule has 0 unspecified atom stereocenters. The molecule has 0 saturated carbocycles. The van der Waals surface area contributed by atoms with E-state index in [-0.39, 0.29) is 0 Å². The van der Waals surface area contributed by atoms with Crippen LogP contribution >= 0.6 is 0 Å².